The maximum atomic E-state index is 12.5. The van der Waals surface area contributed by atoms with Gasteiger partial charge in [0.25, 0.3) is 0 Å². The van der Waals surface area contributed by atoms with Crippen LogP contribution in [-0.4, -0.2) is 41.5 Å². The lowest BCUT2D eigenvalue weighted by Gasteiger charge is -2.48. The first-order valence-electron chi connectivity index (χ1n) is 9.32. The molecular formula is C18H35N3O. The van der Waals surface area contributed by atoms with Crippen LogP contribution in [0.15, 0.2) is 0 Å². The smallest absolute Gasteiger partial charge is 0.239 e. The highest BCUT2D eigenvalue weighted by Gasteiger charge is 2.39. The molecule has 0 radical (unpaired) electrons. The van der Waals surface area contributed by atoms with Gasteiger partial charge in [0.15, 0.2) is 0 Å². The summed E-state index contributed by atoms with van der Waals surface area (Å²) in [5, 5.41) is 3.21. The van der Waals surface area contributed by atoms with Crippen molar-refractivity contribution in [1.29, 1.82) is 0 Å². The van der Waals surface area contributed by atoms with Crippen molar-refractivity contribution < 1.29 is 4.79 Å². The summed E-state index contributed by atoms with van der Waals surface area (Å²) in [4.78, 5) is 15.1. The van der Waals surface area contributed by atoms with Crippen LogP contribution in [0.1, 0.15) is 78.1 Å². The second kappa shape index (κ2) is 7.78. The molecule has 128 valence electrons. The van der Waals surface area contributed by atoms with Crippen molar-refractivity contribution in [3.63, 3.8) is 0 Å². The average molecular weight is 309 g/mol. The van der Waals surface area contributed by atoms with E-state index in [1.54, 1.807) is 0 Å². The molecule has 2 rings (SSSR count). The number of carbonyl (C=O) groups excluding carboxylic acids is 1. The van der Waals surface area contributed by atoms with Gasteiger partial charge in [0.1, 0.15) is 0 Å². The van der Waals surface area contributed by atoms with E-state index < -0.39 is 5.54 Å². The maximum absolute atomic E-state index is 12.5. The summed E-state index contributed by atoms with van der Waals surface area (Å²) < 4.78 is 0. The number of carbonyl (C=O) groups is 1. The van der Waals surface area contributed by atoms with Gasteiger partial charge in [0, 0.05) is 12.1 Å². The van der Waals surface area contributed by atoms with Gasteiger partial charge in [0.05, 0.1) is 5.54 Å². The van der Waals surface area contributed by atoms with Crippen molar-refractivity contribution in [2.24, 2.45) is 5.73 Å². The Labute approximate surface area is 136 Å². The first-order valence-corrected chi connectivity index (χ1v) is 9.32. The number of nitrogens with one attached hydrogen (secondary N) is 1. The lowest BCUT2D eigenvalue weighted by molar-refractivity contribution is -0.127. The summed E-state index contributed by atoms with van der Waals surface area (Å²) in [7, 11) is 0. The Morgan fingerprint density at radius 1 is 1.14 bits per heavy atom. The first-order chi connectivity index (χ1) is 10.5. The molecule has 0 aromatic heterocycles. The summed E-state index contributed by atoms with van der Waals surface area (Å²) in [5.41, 5.74) is 5.64. The zero-order valence-electron chi connectivity index (χ0n) is 14.6. The molecule has 4 nitrogen and oxygen atoms in total. The number of nitrogens with two attached hydrogens (primary N) is 1. The van der Waals surface area contributed by atoms with Gasteiger partial charge in [0.2, 0.25) is 5.91 Å². The van der Waals surface area contributed by atoms with E-state index in [1.165, 1.54) is 64.5 Å². The van der Waals surface area contributed by atoms with Crippen molar-refractivity contribution in [2.75, 3.05) is 19.6 Å². The van der Waals surface area contributed by atoms with Crippen LogP contribution in [0.3, 0.4) is 0 Å². The minimum atomic E-state index is -0.730. The summed E-state index contributed by atoms with van der Waals surface area (Å²) >= 11 is 0. The number of nitrogens with zero attached hydrogens (tertiary/aromatic N) is 1. The van der Waals surface area contributed by atoms with E-state index >= 15 is 0 Å². The summed E-state index contributed by atoms with van der Waals surface area (Å²) in [5.74, 6) is 0.0244. The Morgan fingerprint density at radius 2 is 1.73 bits per heavy atom. The maximum Gasteiger partial charge on any atom is 0.239 e. The number of amides is 1. The number of rotatable bonds is 6. The van der Waals surface area contributed by atoms with Gasteiger partial charge in [-0.15, -0.1) is 0 Å². The molecule has 1 saturated carbocycles. The van der Waals surface area contributed by atoms with Crippen LogP contribution in [0.4, 0.5) is 0 Å². The number of hydrogen-bond acceptors (Lipinski definition) is 3. The standard InChI is InChI=1S/C18H35N3O/c1-3-10-17(2,19)16(22)20-15-18(11-6-4-7-12-18)21-13-8-5-9-14-21/h3-15,19H2,1-2H3,(H,20,22). The van der Waals surface area contributed by atoms with Gasteiger partial charge in [-0.3, -0.25) is 9.69 Å². The van der Waals surface area contributed by atoms with Crippen molar-refractivity contribution in [2.45, 2.75) is 89.1 Å². The zero-order valence-corrected chi connectivity index (χ0v) is 14.6. The van der Waals surface area contributed by atoms with E-state index in [9.17, 15) is 4.79 Å². The Morgan fingerprint density at radius 3 is 2.32 bits per heavy atom. The Bertz CT molecular complexity index is 355. The summed E-state index contributed by atoms with van der Waals surface area (Å²) in [6.45, 7) is 7.12. The van der Waals surface area contributed by atoms with Gasteiger partial charge in [-0.1, -0.05) is 39.0 Å². The van der Waals surface area contributed by atoms with Crippen LogP contribution in [0.25, 0.3) is 0 Å². The third kappa shape index (κ3) is 4.23. The van der Waals surface area contributed by atoms with Crippen molar-refractivity contribution in [1.82, 2.24) is 10.2 Å². The summed E-state index contributed by atoms with van der Waals surface area (Å²) in [6, 6.07) is 0. The molecule has 1 aliphatic heterocycles. The van der Waals surface area contributed by atoms with Gasteiger partial charge in [-0.05, 0) is 52.1 Å². The molecule has 22 heavy (non-hydrogen) atoms. The lowest BCUT2D eigenvalue weighted by atomic mass is 9.79. The molecule has 2 aliphatic rings. The van der Waals surface area contributed by atoms with Crippen LogP contribution in [-0.2, 0) is 4.79 Å². The van der Waals surface area contributed by atoms with Crippen molar-refractivity contribution in [3.05, 3.63) is 0 Å². The van der Waals surface area contributed by atoms with Crippen LogP contribution in [0.5, 0.6) is 0 Å². The van der Waals surface area contributed by atoms with Crippen LogP contribution >= 0.6 is 0 Å². The molecule has 1 amide bonds. The highest BCUT2D eigenvalue weighted by molar-refractivity contribution is 5.85. The van der Waals surface area contributed by atoms with Gasteiger partial charge >= 0.3 is 0 Å². The fraction of sp³-hybridized carbons (Fsp3) is 0.944. The largest absolute Gasteiger partial charge is 0.353 e. The van der Waals surface area contributed by atoms with E-state index in [4.69, 9.17) is 5.73 Å². The fourth-order valence-electron chi connectivity index (χ4n) is 4.26. The topological polar surface area (TPSA) is 58.4 Å². The van der Waals surface area contributed by atoms with E-state index in [-0.39, 0.29) is 11.4 Å². The number of hydrogen-bond donors (Lipinski definition) is 2. The molecule has 1 heterocycles. The molecule has 0 aromatic carbocycles. The minimum absolute atomic E-state index is 0.0244. The Kier molecular flexibility index (Phi) is 6.27. The van der Waals surface area contributed by atoms with Gasteiger partial charge in [-0.2, -0.15) is 0 Å². The second-order valence-electron chi connectivity index (χ2n) is 7.68. The summed E-state index contributed by atoms with van der Waals surface area (Å²) in [6.07, 6.45) is 12.0. The third-order valence-corrected chi connectivity index (χ3v) is 5.68. The predicted octanol–water partition coefficient (Wildman–Crippen LogP) is 2.81. The molecule has 0 bridgehead atoms. The van der Waals surface area contributed by atoms with Crippen molar-refractivity contribution in [3.8, 4) is 0 Å². The highest BCUT2D eigenvalue weighted by Crippen LogP contribution is 2.35. The monoisotopic (exact) mass is 309 g/mol. The molecule has 0 aromatic rings. The van der Waals surface area contributed by atoms with Gasteiger partial charge < -0.3 is 11.1 Å². The third-order valence-electron chi connectivity index (χ3n) is 5.68. The molecule has 3 N–H and O–H groups in total. The average Bonchev–Trinajstić information content (AvgIpc) is 2.54. The molecule has 0 spiro atoms. The van der Waals surface area contributed by atoms with E-state index in [0.29, 0.717) is 0 Å². The quantitative estimate of drug-likeness (QED) is 0.793. The van der Waals surface area contributed by atoms with Crippen LogP contribution in [0, 0.1) is 0 Å². The predicted molar refractivity (Wildman–Crippen MR) is 91.8 cm³/mol. The zero-order chi connectivity index (χ0) is 16.1. The van der Waals surface area contributed by atoms with Crippen LogP contribution in [0.2, 0.25) is 0 Å². The Balaban J connectivity index is 1.99. The number of piperidine rings is 1. The molecule has 1 saturated heterocycles. The minimum Gasteiger partial charge on any atom is -0.353 e. The fourth-order valence-corrected chi connectivity index (χ4v) is 4.26. The first kappa shape index (κ1) is 17.7. The highest BCUT2D eigenvalue weighted by atomic mass is 16.2. The SMILES string of the molecule is CCCC(C)(N)C(=O)NCC1(N2CCCCC2)CCCCC1. The molecule has 1 unspecified atom stereocenters. The van der Waals surface area contributed by atoms with E-state index in [0.717, 1.165) is 19.4 Å². The van der Waals surface area contributed by atoms with Gasteiger partial charge in [-0.25, -0.2) is 0 Å². The molecule has 2 fully saturated rings. The van der Waals surface area contributed by atoms with E-state index in [2.05, 4.69) is 17.1 Å². The number of likely N-dealkylation sites (tertiary alicyclic amines) is 1. The van der Waals surface area contributed by atoms with Crippen molar-refractivity contribution >= 4 is 5.91 Å². The lowest BCUT2D eigenvalue weighted by Crippen LogP contribution is -2.61. The molecular weight excluding hydrogens is 274 g/mol. The molecule has 4 heteroatoms. The molecule has 1 aliphatic carbocycles. The second-order valence-corrected chi connectivity index (χ2v) is 7.68. The molecule has 1 atom stereocenters. The van der Waals surface area contributed by atoms with Crippen LogP contribution < -0.4 is 11.1 Å². The normalized spacial score (nSPS) is 25.4. The van der Waals surface area contributed by atoms with E-state index in [1.807, 2.05) is 6.92 Å². The Hall–Kier alpha value is -0.610.